The Hall–Kier alpha value is -2.94. The summed E-state index contributed by atoms with van der Waals surface area (Å²) in [6, 6.07) is 4.48. The molecule has 1 aliphatic heterocycles. The third kappa shape index (κ3) is 4.14. The fourth-order valence-electron chi connectivity index (χ4n) is 3.35. The number of rotatable bonds is 6. The highest BCUT2D eigenvalue weighted by molar-refractivity contribution is 5.91. The van der Waals surface area contributed by atoms with Crippen molar-refractivity contribution < 1.29 is 38.1 Å². The predicted octanol–water partition coefficient (Wildman–Crippen LogP) is 0.628. The van der Waals surface area contributed by atoms with Gasteiger partial charge in [0.1, 0.15) is 6.04 Å². The van der Waals surface area contributed by atoms with Gasteiger partial charge in [0.05, 0.1) is 45.3 Å². The van der Waals surface area contributed by atoms with E-state index in [-0.39, 0.29) is 6.61 Å². The topological polar surface area (TPSA) is 117 Å². The van der Waals surface area contributed by atoms with Crippen LogP contribution in [-0.4, -0.2) is 57.9 Å². The van der Waals surface area contributed by atoms with Gasteiger partial charge in [-0.2, -0.15) is 0 Å². The molecule has 1 N–H and O–H groups in total. The smallest absolute Gasteiger partial charge is 0.337 e. The van der Waals surface area contributed by atoms with E-state index in [2.05, 4.69) is 10.1 Å². The van der Waals surface area contributed by atoms with Crippen LogP contribution in [0.4, 0.5) is 0 Å². The summed E-state index contributed by atoms with van der Waals surface area (Å²) in [5.74, 6) is -4.71. The normalized spacial score (nSPS) is 23.6. The van der Waals surface area contributed by atoms with Gasteiger partial charge in [0, 0.05) is 6.04 Å². The van der Waals surface area contributed by atoms with Crippen LogP contribution in [-0.2, 0) is 33.3 Å². The Bertz CT molecular complexity index is 745. The third-order valence-electron chi connectivity index (χ3n) is 4.64. The van der Waals surface area contributed by atoms with Crippen LogP contribution in [0.5, 0.6) is 0 Å². The molecule has 1 fully saturated rings. The first-order valence-electron chi connectivity index (χ1n) is 8.66. The largest absolute Gasteiger partial charge is 0.469 e. The first kappa shape index (κ1) is 21.4. The minimum absolute atomic E-state index is 0.117. The van der Waals surface area contributed by atoms with E-state index >= 15 is 0 Å². The molecule has 4 atom stereocenters. The second-order valence-electron chi connectivity index (χ2n) is 6.09. The molecule has 28 heavy (non-hydrogen) atoms. The van der Waals surface area contributed by atoms with Gasteiger partial charge in [0.15, 0.2) is 0 Å². The van der Waals surface area contributed by atoms with Gasteiger partial charge in [0.25, 0.3) is 0 Å². The van der Waals surface area contributed by atoms with Crippen LogP contribution in [0.1, 0.15) is 28.9 Å². The SMILES string of the molecule is CCOC(=O)[C@@H]1N[C@H](c2ccc(C(=O)OC)cc2)[C@H](C(=O)OC)[C@@H]1C(=O)OC. The third-order valence-corrected chi connectivity index (χ3v) is 4.64. The highest BCUT2D eigenvalue weighted by Crippen LogP contribution is 2.39. The van der Waals surface area contributed by atoms with Gasteiger partial charge >= 0.3 is 23.9 Å². The highest BCUT2D eigenvalue weighted by atomic mass is 16.5. The molecule has 9 heteroatoms. The van der Waals surface area contributed by atoms with Crippen LogP contribution in [0.15, 0.2) is 24.3 Å². The predicted molar refractivity (Wildman–Crippen MR) is 95.1 cm³/mol. The Morgan fingerprint density at radius 3 is 1.93 bits per heavy atom. The summed E-state index contributed by atoms with van der Waals surface area (Å²) < 4.78 is 19.4. The second kappa shape index (κ2) is 9.32. The molecule has 0 spiro atoms. The van der Waals surface area contributed by atoms with Crippen LogP contribution < -0.4 is 5.32 Å². The number of esters is 4. The van der Waals surface area contributed by atoms with Crippen molar-refractivity contribution in [1.29, 1.82) is 0 Å². The Labute approximate surface area is 162 Å². The Morgan fingerprint density at radius 1 is 0.857 bits per heavy atom. The van der Waals surface area contributed by atoms with Crippen LogP contribution in [0.2, 0.25) is 0 Å². The van der Waals surface area contributed by atoms with Crippen LogP contribution in [0, 0.1) is 11.8 Å². The fraction of sp³-hybridized carbons (Fsp3) is 0.474. The molecule has 1 saturated heterocycles. The molecular weight excluding hydrogens is 370 g/mol. The van der Waals surface area contributed by atoms with E-state index in [0.717, 1.165) is 0 Å². The zero-order valence-electron chi connectivity index (χ0n) is 16.1. The molecule has 0 aromatic heterocycles. The molecule has 0 aliphatic carbocycles. The van der Waals surface area contributed by atoms with E-state index in [1.54, 1.807) is 19.1 Å². The van der Waals surface area contributed by atoms with Gasteiger partial charge in [0.2, 0.25) is 0 Å². The van der Waals surface area contributed by atoms with Crippen molar-refractivity contribution in [2.24, 2.45) is 11.8 Å². The standard InChI is InChI=1S/C19H23NO8/c1-5-28-19(24)15-13(18(23)27-4)12(17(22)26-3)14(20-15)10-6-8-11(9-7-10)16(21)25-2/h6-9,12-15,20H,5H2,1-4H3/t12-,13+,14-,15-/m1/s1. The molecule has 1 heterocycles. The summed E-state index contributed by atoms with van der Waals surface area (Å²) in [5.41, 5.74) is 0.911. The van der Waals surface area contributed by atoms with Crippen molar-refractivity contribution in [3.05, 3.63) is 35.4 Å². The molecule has 0 saturated carbocycles. The van der Waals surface area contributed by atoms with Crippen molar-refractivity contribution in [2.45, 2.75) is 19.0 Å². The van der Waals surface area contributed by atoms with Crippen LogP contribution in [0.25, 0.3) is 0 Å². The molecule has 0 radical (unpaired) electrons. The van der Waals surface area contributed by atoms with Gasteiger partial charge < -0.3 is 18.9 Å². The van der Waals surface area contributed by atoms with E-state index in [9.17, 15) is 19.2 Å². The number of ether oxygens (including phenoxy) is 4. The van der Waals surface area contributed by atoms with Gasteiger partial charge in [-0.15, -0.1) is 0 Å². The number of methoxy groups -OCH3 is 3. The Balaban J connectivity index is 2.45. The molecule has 2 rings (SSSR count). The van der Waals surface area contributed by atoms with E-state index in [1.165, 1.54) is 33.5 Å². The van der Waals surface area contributed by atoms with E-state index < -0.39 is 47.8 Å². The van der Waals surface area contributed by atoms with Crippen molar-refractivity contribution in [1.82, 2.24) is 5.32 Å². The zero-order chi connectivity index (χ0) is 20.8. The average Bonchev–Trinajstić information content (AvgIpc) is 3.13. The van der Waals surface area contributed by atoms with E-state index in [0.29, 0.717) is 11.1 Å². The van der Waals surface area contributed by atoms with Crippen LogP contribution in [0.3, 0.4) is 0 Å². The number of hydrogen-bond donors (Lipinski definition) is 1. The summed E-state index contributed by atoms with van der Waals surface area (Å²) in [7, 11) is 3.65. The number of carbonyl (C=O) groups excluding carboxylic acids is 4. The second-order valence-corrected chi connectivity index (χ2v) is 6.09. The Morgan fingerprint density at radius 2 is 1.43 bits per heavy atom. The molecule has 9 nitrogen and oxygen atoms in total. The van der Waals surface area contributed by atoms with Crippen molar-refractivity contribution in [2.75, 3.05) is 27.9 Å². The van der Waals surface area contributed by atoms with Gasteiger partial charge in [-0.05, 0) is 24.6 Å². The quantitative estimate of drug-likeness (QED) is 0.548. The number of benzene rings is 1. The summed E-state index contributed by atoms with van der Waals surface area (Å²) in [6.07, 6.45) is 0. The van der Waals surface area contributed by atoms with Crippen molar-refractivity contribution in [3.8, 4) is 0 Å². The average molecular weight is 393 g/mol. The highest BCUT2D eigenvalue weighted by Gasteiger charge is 2.55. The molecule has 1 aromatic carbocycles. The molecular formula is C19H23NO8. The first-order valence-corrected chi connectivity index (χ1v) is 8.66. The Kier molecular flexibility index (Phi) is 7.11. The van der Waals surface area contributed by atoms with Gasteiger partial charge in [-0.25, -0.2) is 4.79 Å². The first-order chi connectivity index (χ1) is 13.4. The van der Waals surface area contributed by atoms with E-state index in [4.69, 9.17) is 14.2 Å². The molecule has 152 valence electrons. The van der Waals surface area contributed by atoms with Gasteiger partial charge in [-0.1, -0.05) is 12.1 Å². The molecule has 0 bridgehead atoms. The van der Waals surface area contributed by atoms with Crippen molar-refractivity contribution >= 4 is 23.9 Å². The maximum Gasteiger partial charge on any atom is 0.337 e. The minimum atomic E-state index is -1.12. The summed E-state index contributed by atoms with van der Waals surface area (Å²) in [4.78, 5) is 48.9. The fourth-order valence-corrected chi connectivity index (χ4v) is 3.35. The number of nitrogens with one attached hydrogen (secondary N) is 1. The maximum absolute atomic E-state index is 12.5. The lowest BCUT2D eigenvalue weighted by Gasteiger charge is -2.21. The molecule has 0 amide bonds. The van der Waals surface area contributed by atoms with Crippen LogP contribution >= 0.6 is 0 Å². The van der Waals surface area contributed by atoms with E-state index in [1.807, 2.05) is 0 Å². The lowest BCUT2D eigenvalue weighted by molar-refractivity contribution is -0.160. The zero-order valence-corrected chi connectivity index (χ0v) is 16.1. The number of hydrogen-bond acceptors (Lipinski definition) is 9. The molecule has 1 aliphatic rings. The number of carbonyl (C=O) groups is 4. The minimum Gasteiger partial charge on any atom is -0.469 e. The maximum atomic E-state index is 12.5. The monoisotopic (exact) mass is 393 g/mol. The lowest BCUT2D eigenvalue weighted by Crippen LogP contribution is -2.42. The van der Waals surface area contributed by atoms with Crippen molar-refractivity contribution in [3.63, 3.8) is 0 Å². The summed E-state index contributed by atoms with van der Waals surface area (Å²) in [6.45, 7) is 1.76. The molecule has 1 aromatic rings. The van der Waals surface area contributed by atoms with Gasteiger partial charge in [-0.3, -0.25) is 19.7 Å². The lowest BCUT2D eigenvalue weighted by atomic mass is 9.84. The summed E-state index contributed by atoms with van der Waals surface area (Å²) in [5, 5.41) is 2.99. The molecule has 0 unspecified atom stereocenters. The summed E-state index contributed by atoms with van der Waals surface area (Å²) >= 11 is 0.